The van der Waals surface area contributed by atoms with E-state index in [0.29, 0.717) is 0 Å². The van der Waals surface area contributed by atoms with E-state index < -0.39 is 33.8 Å². The molecular weight excluding hydrogens is 467 g/mol. The lowest BCUT2D eigenvalue weighted by Gasteiger charge is -2.43. The predicted octanol–water partition coefficient (Wildman–Crippen LogP) is 5.59. The van der Waals surface area contributed by atoms with Crippen LogP contribution in [-0.2, 0) is 12.3 Å². The first kappa shape index (κ1) is 23.7. The molecule has 0 unspecified atom stereocenters. The third kappa shape index (κ3) is 9.09. The van der Waals surface area contributed by atoms with Gasteiger partial charge in [0.05, 0.1) is 0 Å². The van der Waals surface area contributed by atoms with E-state index in [4.69, 9.17) is 12.3 Å². The summed E-state index contributed by atoms with van der Waals surface area (Å²) in [4.78, 5) is 0. The van der Waals surface area contributed by atoms with Gasteiger partial charge in [-0.15, -0.1) is 19.7 Å². The molecule has 0 saturated carbocycles. The molecule has 0 radical (unpaired) electrons. The molecule has 3 nitrogen and oxygen atoms in total. The van der Waals surface area contributed by atoms with Crippen LogP contribution < -0.4 is 0 Å². The fourth-order valence-electron chi connectivity index (χ4n) is 1.83. The molecule has 0 amide bonds. The number of hydrogen-bond acceptors (Lipinski definition) is 3. The maximum atomic E-state index is 6.64. The van der Waals surface area contributed by atoms with Crippen LogP contribution in [0.15, 0.2) is 36.8 Å². The summed E-state index contributed by atoms with van der Waals surface area (Å²) in [5.41, 5.74) is 5.86. The Morgan fingerprint density at radius 3 is 1.26 bits per heavy atom. The third-order valence-electron chi connectivity index (χ3n) is 3.35. The van der Waals surface area contributed by atoms with Crippen LogP contribution in [0.3, 0.4) is 0 Å². The lowest BCUT2D eigenvalue weighted by molar-refractivity contribution is 0.255. The summed E-state index contributed by atoms with van der Waals surface area (Å²) in [6, 6.07) is 0.842. The highest BCUT2D eigenvalue weighted by atomic mass is 127. The monoisotopic (exact) mass is 500 g/mol. The van der Waals surface area contributed by atoms with Gasteiger partial charge >= 0.3 is 8.80 Å². The molecule has 0 atom stereocenters. The first-order valence-corrected chi connectivity index (χ1v) is 20.4. The minimum Gasteiger partial charge on any atom is -0.413 e. The smallest absolute Gasteiger partial charge is 0.413 e. The van der Waals surface area contributed by atoms with Crippen LogP contribution >= 0.6 is 22.6 Å². The highest BCUT2D eigenvalue weighted by Gasteiger charge is 2.50. The van der Waals surface area contributed by atoms with Crippen molar-refractivity contribution in [2.24, 2.45) is 0 Å². The Morgan fingerprint density at radius 1 is 0.739 bits per heavy atom. The van der Waals surface area contributed by atoms with Crippen LogP contribution in [0.1, 0.15) is 6.42 Å². The standard InChI is InChI=1S/C15H33IO3Si4/c1-10-20(4,5)17-23(15-13-14-16,18-21(6,7)11-2)19-22(8,9)12-3/h10-12H,1-3,13-15H2,4-9H3. The van der Waals surface area contributed by atoms with Crippen molar-refractivity contribution in [3.05, 3.63) is 36.8 Å². The number of halogens is 1. The van der Waals surface area contributed by atoms with Gasteiger partial charge in [-0.25, -0.2) is 0 Å². The summed E-state index contributed by atoms with van der Waals surface area (Å²) in [7, 11) is -8.94. The average Bonchev–Trinajstić information content (AvgIpc) is 2.43. The molecular formula is C15H33IO3Si4. The summed E-state index contributed by atoms with van der Waals surface area (Å²) in [6.45, 7) is 24.7. The van der Waals surface area contributed by atoms with E-state index in [9.17, 15) is 0 Å². The largest absolute Gasteiger partial charge is 0.470 e. The SMILES string of the molecule is C=C[Si](C)(C)O[Si](CCCI)(O[Si](C)(C)C=C)O[Si](C)(C)C=C. The molecule has 134 valence electrons. The lowest BCUT2D eigenvalue weighted by atomic mass is 10.6. The van der Waals surface area contributed by atoms with Gasteiger partial charge in [0.25, 0.3) is 0 Å². The van der Waals surface area contributed by atoms with Crippen molar-refractivity contribution in [3.63, 3.8) is 0 Å². The van der Waals surface area contributed by atoms with Gasteiger partial charge in [-0.2, -0.15) is 0 Å². The maximum Gasteiger partial charge on any atom is 0.470 e. The third-order valence-corrected chi connectivity index (χ3v) is 18.1. The summed E-state index contributed by atoms with van der Waals surface area (Å²) >= 11 is 2.40. The Morgan fingerprint density at radius 2 is 1.04 bits per heavy atom. The Balaban J connectivity index is 5.83. The zero-order valence-corrected chi connectivity index (χ0v) is 21.7. The molecule has 23 heavy (non-hydrogen) atoms. The quantitative estimate of drug-likeness (QED) is 0.199. The molecule has 0 bridgehead atoms. The second kappa shape index (κ2) is 9.41. The van der Waals surface area contributed by atoms with Crippen LogP contribution in [-0.4, -0.2) is 38.2 Å². The van der Waals surface area contributed by atoms with E-state index in [1.54, 1.807) is 0 Å². The van der Waals surface area contributed by atoms with Gasteiger partial charge in [-0.1, -0.05) is 39.7 Å². The molecule has 0 fully saturated rings. The van der Waals surface area contributed by atoms with Gasteiger partial charge in [-0.3, -0.25) is 0 Å². The minimum atomic E-state index is -2.82. The van der Waals surface area contributed by atoms with Gasteiger partial charge in [0.1, 0.15) is 0 Å². The molecule has 8 heteroatoms. The van der Waals surface area contributed by atoms with Crippen LogP contribution in [0.4, 0.5) is 0 Å². The van der Waals surface area contributed by atoms with Crippen LogP contribution in [0.25, 0.3) is 0 Å². The van der Waals surface area contributed by atoms with Gasteiger partial charge < -0.3 is 12.3 Å². The summed E-state index contributed by atoms with van der Waals surface area (Å²) in [6.07, 6.45) is 1.03. The van der Waals surface area contributed by atoms with Crippen molar-refractivity contribution in [1.29, 1.82) is 0 Å². The molecule has 0 aromatic rings. The van der Waals surface area contributed by atoms with Crippen molar-refractivity contribution >= 4 is 56.3 Å². The second-order valence-corrected chi connectivity index (χ2v) is 23.4. The van der Waals surface area contributed by atoms with Crippen molar-refractivity contribution in [2.45, 2.75) is 51.7 Å². The molecule has 0 aliphatic heterocycles. The Labute approximate surface area is 161 Å². The molecule has 0 aromatic heterocycles. The zero-order chi connectivity index (χ0) is 18.4. The van der Waals surface area contributed by atoms with E-state index >= 15 is 0 Å². The summed E-state index contributed by atoms with van der Waals surface area (Å²) in [5.74, 6) is 0. The molecule has 0 rings (SSSR count). The Bertz CT molecular complexity index is 370. The highest BCUT2D eigenvalue weighted by Crippen LogP contribution is 2.31. The van der Waals surface area contributed by atoms with Crippen LogP contribution in [0.2, 0.25) is 45.3 Å². The van der Waals surface area contributed by atoms with E-state index in [2.05, 4.69) is 81.6 Å². The van der Waals surface area contributed by atoms with Crippen LogP contribution in [0.5, 0.6) is 0 Å². The molecule has 0 N–H and O–H groups in total. The summed E-state index contributed by atoms with van der Waals surface area (Å²) in [5, 5.41) is 0. The average molecular weight is 501 g/mol. The molecule has 0 heterocycles. The second-order valence-electron chi connectivity index (χ2n) is 7.20. The van der Waals surface area contributed by atoms with Crippen molar-refractivity contribution in [2.75, 3.05) is 4.43 Å². The summed E-state index contributed by atoms with van der Waals surface area (Å²) < 4.78 is 21.0. The van der Waals surface area contributed by atoms with Crippen molar-refractivity contribution in [3.8, 4) is 0 Å². The van der Waals surface area contributed by atoms with Crippen molar-refractivity contribution in [1.82, 2.24) is 0 Å². The van der Waals surface area contributed by atoms with Gasteiger partial charge in [0, 0.05) is 6.04 Å². The first-order valence-electron chi connectivity index (χ1n) is 7.94. The molecule has 0 aliphatic carbocycles. The zero-order valence-electron chi connectivity index (χ0n) is 15.6. The fourth-order valence-corrected chi connectivity index (χ4v) is 17.0. The molecule has 0 aromatic carbocycles. The fraction of sp³-hybridized carbons (Fsp3) is 0.600. The van der Waals surface area contributed by atoms with E-state index in [1.807, 2.05) is 17.1 Å². The van der Waals surface area contributed by atoms with Crippen LogP contribution in [0, 0.1) is 0 Å². The van der Waals surface area contributed by atoms with E-state index in [1.165, 1.54) is 0 Å². The predicted molar refractivity (Wildman–Crippen MR) is 120 cm³/mol. The van der Waals surface area contributed by atoms with Crippen molar-refractivity contribution < 1.29 is 12.3 Å². The Hall–Kier alpha value is 0.698. The normalized spacial score (nSPS) is 13.7. The Kier molecular flexibility index (Phi) is 9.70. The molecule has 0 saturated heterocycles. The number of alkyl halides is 1. The van der Waals surface area contributed by atoms with Gasteiger partial charge in [-0.05, 0) is 50.1 Å². The first-order chi connectivity index (χ1) is 10.4. The van der Waals surface area contributed by atoms with Gasteiger partial charge in [0.2, 0.25) is 25.0 Å². The lowest BCUT2D eigenvalue weighted by Crippen LogP contribution is -2.61. The molecule has 0 aliphatic rings. The minimum absolute atomic E-state index is 0.842. The number of hydrogen-bond donors (Lipinski definition) is 0. The van der Waals surface area contributed by atoms with Gasteiger partial charge in [0.15, 0.2) is 0 Å². The molecule has 0 spiro atoms. The van der Waals surface area contributed by atoms with E-state index in [-0.39, 0.29) is 0 Å². The maximum absolute atomic E-state index is 6.64. The topological polar surface area (TPSA) is 27.7 Å². The van der Waals surface area contributed by atoms with E-state index in [0.717, 1.165) is 16.9 Å². The highest BCUT2D eigenvalue weighted by molar-refractivity contribution is 14.1. The number of rotatable bonds is 12.